The van der Waals surface area contributed by atoms with Crippen molar-refractivity contribution in [1.82, 2.24) is 19.9 Å². The number of carbonyl (C=O) groups excluding carboxylic acids is 2. The van der Waals surface area contributed by atoms with Crippen LogP contribution in [0.5, 0.6) is 11.5 Å². The Morgan fingerprint density at radius 3 is 2.35 bits per heavy atom. The average Bonchev–Trinajstić information content (AvgIpc) is 3.43. The third-order valence-corrected chi connectivity index (χ3v) is 6.48. The fraction of sp³-hybridized carbons (Fsp3) is 0.231. The zero-order chi connectivity index (χ0) is 28.8. The molecule has 3 heterocycles. The summed E-state index contributed by atoms with van der Waals surface area (Å²) < 4.78 is 78.2. The van der Waals surface area contributed by atoms with Gasteiger partial charge in [-0.05, 0) is 43.3 Å². The third kappa shape index (κ3) is 4.99. The lowest BCUT2D eigenvalue weighted by molar-refractivity contribution is -0.274. The number of alkyl halides is 3. The summed E-state index contributed by atoms with van der Waals surface area (Å²) in [5.74, 6) is -4.79. The van der Waals surface area contributed by atoms with Crippen molar-refractivity contribution >= 4 is 23.1 Å². The monoisotopic (exact) mass is 561 g/mol. The van der Waals surface area contributed by atoms with Gasteiger partial charge in [-0.1, -0.05) is 0 Å². The molecule has 0 radical (unpaired) electrons. The van der Waals surface area contributed by atoms with Crippen LogP contribution in [0.4, 0.5) is 27.6 Å². The number of methoxy groups -OCH3 is 1. The smallest absolute Gasteiger partial charge is 0.497 e. The molecule has 2 atom stereocenters. The topological polar surface area (TPSA) is 98.1 Å². The van der Waals surface area contributed by atoms with Gasteiger partial charge < -0.3 is 19.7 Å². The molecule has 0 saturated carbocycles. The van der Waals surface area contributed by atoms with Crippen LogP contribution in [0, 0.1) is 18.6 Å². The predicted octanol–water partition coefficient (Wildman–Crippen LogP) is 4.15. The van der Waals surface area contributed by atoms with Crippen LogP contribution in [-0.2, 0) is 4.79 Å². The summed E-state index contributed by atoms with van der Waals surface area (Å²) in [5.41, 5.74) is 0.0682. The number of rotatable bonds is 6. The van der Waals surface area contributed by atoms with E-state index in [1.165, 1.54) is 12.0 Å². The lowest BCUT2D eigenvalue weighted by Gasteiger charge is -2.20. The molecule has 0 aliphatic carbocycles. The van der Waals surface area contributed by atoms with Crippen LogP contribution in [0.3, 0.4) is 0 Å². The molecule has 5 rings (SSSR count). The van der Waals surface area contributed by atoms with E-state index in [4.69, 9.17) is 4.74 Å². The molecule has 1 aliphatic rings. The minimum absolute atomic E-state index is 0.0783. The highest BCUT2D eigenvalue weighted by Gasteiger charge is 2.46. The standard InChI is InChI=1S/C26H20F5N5O4/c1-13-33-34-23-20(4-3-9-35(13)23)36-12-17(21-18(27)10-16(39-2)11-19(21)28)22(25(36)38)32-24(37)14-5-7-15(8-6-14)40-26(29,30)31/h3-11,17,22H,12H2,1-2H3,(H,32,37)/t17-,22-/m0/s1. The molecule has 9 nitrogen and oxygen atoms in total. The molecule has 4 aromatic rings. The van der Waals surface area contributed by atoms with Crippen LogP contribution in [0.15, 0.2) is 54.7 Å². The maximum atomic E-state index is 15.2. The SMILES string of the molecule is COc1cc(F)c([C@@H]2CN(c3cccn4c(C)nnc34)C(=O)[C@H]2NC(=O)c2ccc(OC(F)(F)F)cc2)c(F)c1. The molecule has 208 valence electrons. The number of benzene rings is 2. The number of ether oxygens (including phenoxy) is 2. The van der Waals surface area contributed by atoms with Gasteiger partial charge in [0.25, 0.3) is 5.91 Å². The number of hydrogen-bond acceptors (Lipinski definition) is 6. The normalized spacial score (nSPS) is 17.4. The van der Waals surface area contributed by atoms with Crippen molar-refractivity contribution in [2.75, 3.05) is 18.6 Å². The summed E-state index contributed by atoms with van der Waals surface area (Å²) >= 11 is 0. The van der Waals surface area contributed by atoms with Gasteiger partial charge in [0.2, 0.25) is 5.91 Å². The Labute approximate surface area is 223 Å². The number of aryl methyl sites for hydroxylation is 1. The number of amides is 2. The van der Waals surface area contributed by atoms with Crippen molar-refractivity contribution in [1.29, 1.82) is 0 Å². The molecule has 0 unspecified atom stereocenters. The summed E-state index contributed by atoms with van der Waals surface area (Å²) in [6.45, 7) is 1.47. The Morgan fingerprint density at radius 1 is 1.05 bits per heavy atom. The van der Waals surface area contributed by atoms with Crippen molar-refractivity contribution in [2.24, 2.45) is 0 Å². The molecule has 0 spiro atoms. The second kappa shape index (κ2) is 10.1. The number of fused-ring (bicyclic) bond motifs is 1. The van der Waals surface area contributed by atoms with Gasteiger partial charge in [0.05, 0.1) is 12.8 Å². The van der Waals surface area contributed by atoms with Crippen LogP contribution in [0.25, 0.3) is 5.65 Å². The maximum absolute atomic E-state index is 15.2. The summed E-state index contributed by atoms with van der Waals surface area (Å²) in [6, 6.07) is 7.71. The van der Waals surface area contributed by atoms with Crippen LogP contribution in [0.1, 0.15) is 27.7 Å². The molecule has 1 fully saturated rings. The fourth-order valence-electron chi connectivity index (χ4n) is 4.66. The van der Waals surface area contributed by atoms with Crippen LogP contribution >= 0.6 is 0 Å². The van der Waals surface area contributed by atoms with Gasteiger partial charge in [-0.3, -0.25) is 14.0 Å². The Morgan fingerprint density at radius 2 is 1.73 bits per heavy atom. The van der Waals surface area contributed by atoms with E-state index in [9.17, 15) is 22.8 Å². The minimum Gasteiger partial charge on any atom is -0.497 e. The van der Waals surface area contributed by atoms with Crippen molar-refractivity contribution in [3.8, 4) is 11.5 Å². The Kier molecular flexibility index (Phi) is 6.77. The number of anilines is 1. The van der Waals surface area contributed by atoms with E-state index in [-0.39, 0.29) is 17.9 Å². The van der Waals surface area contributed by atoms with Gasteiger partial charge in [0, 0.05) is 41.9 Å². The van der Waals surface area contributed by atoms with E-state index >= 15 is 8.78 Å². The van der Waals surface area contributed by atoms with E-state index in [2.05, 4.69) is 20.3 Å². The first-order valence-corrected chi connectivity index (χ1v) is 11.8. The number of hydrogen-bond donors (Lipinski definition) is 1. The van der Waals surface area contributed by atoms with Crippen molar-refractivity contribution in [3.63, 3.8) is 0 Å². The average molecular weight is 561 g/mol. The molecule has 2 aromatic carbocycles. The summed E-state index contributed by atoms with van der Waals surface area (Å²) in [6.07, 6.45) is -3.24. The maximum Gasteiger partial charge on any atom is 0.573 e. The first-order valence-electron chi connectivity index (χ1n) is 11.8. The summed E-state index contributed by atoms with van der Waals surface area (Å²) in [7, 11) is 1.24. The van der Waals surface area contributed by atoms with Gasteiger partial charge in [-0.15, -0.1) is 23.4 Å². The summed E-state index contributed by atoms with van der Waals surface area (Å²) in [5, 5.41) is 10.6. The lowest BCUT2D eigenvalue weighted by atomic mass is 9.92. The van der Waals surface area contributed by atoms with Crippen molar-refractivity contribution in [3.05, 3.63) is 83.3 Å². The molecule has 1 aliphatic heterocycles. The quantitative estimate of drug-likeness (QED) is 0.356. The highest BCUT2D eigenvalue weighted by Crippen LogP contribution is 2.37. The molecule has 40 heavy (non-hydrogen) atoms. The third-order valence-electron chi connectivity index (χ3n) is 6.48. The van der Waals surface area contributed by atoms with E-state index in [1.807, 2.05) is 0 Å². The first kappa shape index (κ1) is 26.8. The van der Waals surface area contributed by atoms with Crippen LogP contribution < -0.4 is 19.7 Å². The highest BCUT2D eigenvalue weighted by atomic mass is 19.4. The van der Waals surface area contributed by atoms with Gasteiger partial charge in [-0.25, -0.2) is 8.78 Å². The molecular weight excluding hydrogens is 541 g/mol. The van der Waals surface area contributed by atoms with E-state index in [0.717, 1.165) is 36.4 Å². The van der Waals surface area contributed by atoms with Crippen molar-refractivity contribution < 1.29 is 41.0 Å². The van der Waals surface area contributed by atoms with Gasteiger partial charge in [0.1, 0.15) is 35.0 Å². The molecular formula is C26H20F5N5O4. The van der Waals surface area contributed by atoms with Crippen LogP contribution in [0.2, 0.25) is 0 Å². The number of pyridine rings is 1. The first-order chi connectivity index (χ1) is 19.0. The van der Waals surface area contributed by atoms with Gasteiger partial charge >= 0.3 is 6.36 Å². The second-order valence-corrected chi connectivity index (χ2v) is 8.92. The van der Waals surface area contributed by atoms with E-state index in [1.54, 1.807) is 29.7 Å². The number of nitrogens with zero attached hydrogens (tertiary/aromatic N) is 4. The molecule has 2 amide bonds. The molecule has 14 heteroatoms. The highest BCUT2D eigenvalue weighted by molar-refractivity contribution is 6.06. The van der Waals surface area contributed by atoms with E-state index in [0.29, 0.717) is 17.2 Å². The molecule has 1 saturated heterocycles. The number of nitrogens with one attached hydrogen (secondary N) is 1. The predicted molar refractivity (Wildman–Crippen MR) is 130 cm³/mol. The number of carbonyl (C=O) groups is 2. The number of aromatic nitrogens is 3. The Balaban J connectivity index is 1.51. The zero-order valence-electron chi connectivity index (χ0n) is 20.9. The van der Waals surface area contributed by atoms with E-state index < -0.39 is 53.1 Å². The van der Waals surface area contributed by atoms with Gasteiger partial charge in [-0.2, -0.15) is 0 Å². The minimum atomic E-state index is -4.92. The molecule has 2 aromatic heterocycles. The molecule has 0 bridgehead atoms. The zero-order valence-corrected chi connectivity index (χ0v) is 20.9. The Hall–Kier alpha value is -4.75. The van der Waals surface area contributed by atoms with Gasteiger partial charge in [0.15, 0.2) is 5.65 Å². The lowest BCUT2D eigenvalue weighted by Crippen LogP contribution is -2.44. The summed E-state index contributed by atoms with van der Waals surface area (Å²) in [4.78, 5) is 28.0. The van der Waals surface area contributed by atoms with Crippen molar-refractivity contribution in [2.45, 2.75) is 25.2 Å². The molecule has 1 N–H and O–H groups in total. The Bertz CT molecular complexity index is 1580. The van der Waals surface area contributed by atoms with Crippen LogP contribution in [-0.4, -0.2) is 52.5 Å². The number of halogens is 5. The fourth-order valence-corrected chi connectivity index (χ4v) is 4.66. The second-order valence-electron chi connectivity index (χ2n) is 8.92. The largest absolute Gasteiger partial charge is 0.573 e.